The molecule has 0 N–H and O–H groups in total. The maximum Gasteiger partial charge on any atom is 0.384 e. The fraction of sp³-hybridized carbons (Fsp3) is 0.750. The van der Waals surface area contributed by atoms with Gasteiger partial charge in [-0.2, -0.15) is 0 Å². The molecule has 0 aromatic rings. The summed E-state index contributed by atoms with van der Waals surface area (Å²) in [5, 5.41) is 0. The molecule has 0 unspecified atom stereocenters. The van der Waals surface area contributed by atoms with Crippen molar-refractivity contribution >= 4 is 5.97 Å². The first-order valence-corrected chi connectivity index (χ1v) is 5.42. The van der Waals surface area contributed by atoms with E-state index < -0.39 is 5.97 Å². The lowest BCUT2D eigenvalue weighted by Gasteiger charge is -2.13. The molecule has 0 aromatic heterocycles. The van der Waals surface area contributed by atoms with E-state index in [9.17, 15) is 4.79 Å². The fourth-order valence-corrected chi connectivity index (χ4v) is 1.81. The van der Waals surface area contributed by atoms with Crippen LogP contribution in [0.2, 0.25) is 0 Å². The van der Waals surface area contributed by atoms with Crippen LogP contribution in [0.15, 0.2) is 0 Å². The Morgan fingerprint density at radius 3 is 2.29 bits per heavy atom. The molecular weight excluding hydrogens is 176 g/mol. The van der Waals surface area contributed by atoms with Gasteiger partial charge < -0.3 is 4.74 Å². The second-order valence-corrected chi connectivity index (χ2v) is 3.80. The average molecular weight is 194 g/mol. The highest BCUT2D eigenvalue weighted by Gasteiger charge is 2.08. The van der Waals surface area contributed by atoms with Crippen molar-refractivity contribution in [3.8, 4) is 11.8 Å². The molecule has 14 heavy (non-hydrogen) atoms. The van der Waals surface area contributed by atoms with Gasteiger partial charge in [0.15, 0.2) is 0 Å². The summed E-state index contributed by atoms with van der Waals surface area (Å²) in [6, 6.07) is 0. The number of rotatable bonds is 0. The Labute approximate surface area is 86.0 Å². The van der Waals surface area contributed by atoms with E-state index in [-0.39, 0.29) is 0 Å². The van der Waals surface area contributed by atoms with E-state index in [2.05, 4.69) is 16.6 Å². The minimum absolute atomic E-state index is 0.410. The number of ether oxygens (including phenoxy) is 1. The maximum absolute atomic E-state index is 10.8. The van der Waals surface area contributed by atoms with Gasteiger partial charge in [0, 0.05) is 11.8 Å². The van der Waals surface area contributed by atoms with Crippen molar-refractivity contribution in [1.29, 1.82) is 0 Å². The molecule has 0 atom stereocenters. The quantitative estimate of drug-likeness (QED) is 0.336. The lowest BCUT2D eigenvalue weighted by molar-refractivity contribution is -0.133. The van der Waals surface area contributed by atoms with Crippen LogP contribution in [0, 0.1) is 17.8 Å². The molecule has 2 nitrogen and oxygen atoms in total. The van der Waals surface area contributed by atoms with E-state index >= 15 is 0 Å². The van der Waals surface area contributed by atoms with Crippen LogP contribution in [-0.2, 0) is 9.53 Å². The third kappa shape index (κ3) is 4.32. The van der Waals surface area contributed by atoms with Crippen molar-refractivity contribution in [2.75, 3.05) is 7.11 Å². The maximum atomic E-state index is 10.8. The second-order valence-electron chi connectivity index (χ2n) is 3.80. The molecule has 0 spiro atoms. The lowest BCUT2D eigenvalue weighted by atomic mass is 9.92. The van der Waals surface area contributed by atoms with E-state index in [1.54, 1.807) is 0 Å². The first-order valence-electron chi connectivity index (χ1n) is 5.42. The van der Waals surface area contributed by atoms with Crippen LogP contribution < -0.4 is 0 Å². The van der Waals surface area contributed by atoms with Crippen molar-refractivity contribution in [2.24, 2.45) is 5.92 Å². The summed E-state index contributed by atoms with van der Waals surface area (Å²) in [6.07, 6.45) is 8.78. The Hall–Kier alpha value is -0.970. The minimum Gasteiger partial charge on any atom is -0.459 e. The van der Waals surface area contributed by atoms with Crippen LogP contribution in [0.1, 0.15) is 44.9 Å². The number of carbonyl (C=O) groups excluding carboxylic acids is 1. The van der Waals surface area contributed by atoms with Gasteiger partial charge in [0.2, 0.25) is 0 Å². The van der Waals surface area contributed by atoms with Gasteiger partial charge in [0.25, 0.3) is 0 Å². The molecule has 0 aromatic carbocycles. The molecule has 0 bridgehead atoms. The molecule has 1 fully saturated rings. The van der Waals surface area contributed by atoms with E-state index in [0.29, 0.717) is 5.92 Å². The van der Waals surface area contributed by atoms with Gasteiger partial charge in [-0.1, -0.05) is 38.0 Å². The minimum atomic E-state index is -0.410. The molecule has 2 heteroatoms. The first kappa shape index (κ1) is 11.1. The molecule has 78 valence electrons. The van der Waals surface area contributed by atoms with Crippen LogP contribution in [0.3, 0.4) is 0 Å². The Bertz CT molecular complexity index is 226. The van der Waals surface area contributed by atoms with Gasteiger partial charge in [0.05, 0.1) is 7.11 Å². The van der Waals surface area contributed by atoms with Gasteiger partial charge in [-0.25, -0.2) is 4.79 Å². The third-order valence-corrected chi connectivity index (χ3v) is 2.67. The van der Waals surface area contributed by atoms with Gasteiger partial charge in [0.1, 0.15) is 0 Å². The van der Waals surface area contributed by atoms with Crippen molar-refractivity contribution in [3.05, 3.63) is 0 Å². The normalized spacial score (nSPS) is 18.6. The summed E-state index contributed by atoms with van der Waals surface area (Å²) in [7, 11) is 1.37. The zero-order valence-electron chi connectivity index (χ0n) is 8.84. The smallest absolute Gasteiger partial charge is 0.384 e. The predicted molar refractivity (Wildman–Crippen MR) is 55.6 cm³/mol. The van der Waals surface area contributed by atoms with Crippen LogP contribution in [0.4, 0.5) is 0 Å². The second kappa shape index (κ2) is 6.48. The highest BCUT2D eigenvalue weighted by molar-refractivity contribution is 5.88. The van der Waals surface area contributed by atoms with E-state index in [1.165, 1.54) is 39.2 Å². The molecule has 0 amide bonds. The first-order chi connectivity index (χ1) is 6.83. The van der Waals surface area contributed by atoms with Gasteiger partial charge in [-0.3, -0.25) is 0 Å². The molecule has 1 rings (SSSR count). The fourth-order valence-electron chi connectivity index (χ4n) is 1.81. The summed E-state index contributed by atoms with van der Waals surface area (Å²) in [4.78, 5) is 10.8. The Morgan fingerprint density at radius 1 is 1.14 bits per heavy atom. The lowest BCUT2D eigenvalue weighted by Crippen LogP contribution is -2.02. The number of hydrogen-bond donors (Lipinski definition) is 0. The summed E-state index contributed by atoms with van der Waals surface area (Å²) >= 11 is 0. The molecule has 0 heterocycles. The number of methoxy groups -OCH3 is 1. The highest BCUT2D eigenvalue weighted by Crippen LogP contribution is 2.21. The molecule has 0 radical (unpaired) electrons. The number of carbonyl (C=O) groups is 1. The van der Waals surface area contributed by atoms with Crippen LogP contribution in [0.25, 0.3) is 0 Å². The highest BCUT2D eigenvalue weighted by atomic mass is 16.5. The van der Waals surface area contributed by atoms with Crippen molar-refractivity contribution < 1.29 is 9.53 Å². The SMILES string of the molecule is COC(=O)C#CC1CCCCCCC1. The van der Waals surface area contributed by atoms with E-state index in [1.807, 2.05) is 0 Å². The largest absolute Gasteiger partial charge is 0.459 e. The molecule has 0 saturated heterocycles. The van der Waals surface area contributed by atoms with Gasteiger partial charge >= 0.3 is 5.97 Å². The molecule has 0 aliphatic heterocycles. The molecule has 1 aliphatic carbocycles. The predicted octanol–water partition coefficient (Wildman–Crippen LogP) is 2.52. The van der Waals surface area contributed by atoms with Crippen LogP contribution in [-0.4, -0.2) is 13.1 Å². The molecular formula is C12H18O2. The Morgan fingerprint density at radius 2 is 1.71 bits per heavy atom. The van der Waals surface area contributed by atoms with E-state index in [4.69, 9.17) is 0 Å². The number of hydrogen-bond acceptors (Lipinski definition) is 2. The van der Waals surface area contributed by atoms with Gasteiger partial charge in [-0.05, 0) is 12.8 Å². The summed E-state index contributed by atoms with van der Waals surface area (Å²) in [6.45, 7) is 0. The Kier molecular flexibility index (Phi) is 5.14. The van der Waals surface area contributed by atoms with Crippen molar-refractivity contribution in [1.82, 2.24) is 0 Å². The zero-order valence-corrected chi connectivity index (χ0v) is 8.84. The van der Waals surface area contributed by atoms with Crippen molar-refractivity contribution in [2.45, 2.75) is 44.9 Å². The standard InChI is InChI=1S/C12H18O2/c1-14-12(13)10-9-11-7-5-3-2-4-6-8-11/h11H,2-8H2,1H3. The zero-order chi connectivity index (χ0) is 10.2. The molecule has 1 saturated carbocycles. The summed E-state index contributed by atoms with van der Waals surface area (Å²) in [5.41, 5.74) is 0. The topological polar surface area (TPSA) is 26.3 Å². The molecule has 1 aliphatic rings. The summed E-state index contributed by atoms with van der Waals surface area (Å²) < 4.78 is 4.48. The third-order valence-electron chi connectivity index (χ3n) is 2.67. The van der Waals surface area contributed by atoms with E-state index in [0.717, 1.165) is 12.8 Å². The van der Waals surface area contributed by atoms with Gasteiger partial charge in [-0.15, -0.1) is 0 Å². The van der Waals surface area contributed by atoms with Crippen molar-refractivity contribution in [3.63, 3.8) is 0 Å². The Balaban J connectivity index is 2.39. The number of esters is 1. The average Bonchev–Trinajstić information content (AvgIpc) is 2.15. The van der Waals surface area contributed by atoms with Crippen LogP contribution >= 0.6 is 0 Å². The van der Waals surface area contributed by atoms with Crippen LogP contribution in [0.5, 0.6) is 0 Å². The monoisotopic (exact) mass is 194 g/mol. The summed E-state index contributed by atoms with van der Waals surface area (Å²) in [5.74, 6) is 5.56.